The van der Waals surface area contributed by atoms with Crippen molar-refractivity contribution in [1.29, 1.82) is 0 Å². The predicted molar refractivity (Wildman–Crippen MR) is 102 cm³/mol. The highest BCUT2D eigenvalue weighted by Crippen LogP contribution is 2.61. The monoisotopic (exact) mass is 334 g/mol. The summed E-state index contributed by atoms with van der Waals surface area (Å²) in [6, 6.07) is 4.52. The molecule has 0 aromatic heterocycles. The number of nitrogens with one attached hydrogen (secondary N) is 1. The standard InChI is InChI=1S/C23H28NO/c1-13-8-16-11-18(22(3,4)5)12-20(19(16)9-13)23(21(24)25)14(2)15-6-7-17(23)10-15/h8,11-12,15,17,24H,2,6-7,9-10H2,1,3-5H3. The van der Waals surface area contributed by atoms with E-state index in [4.69, 9.17) is 5.73 Å². The van der Waals surface area contributed by atoms with Crippen LogP contribution in [-0.4, -0.2) is 5.91 Å². The Morgan fingerprint density at radius 3 is 2.56 bits per heavy atom. The van der Waals surface area contributed by atoms with Gasteiger partial charge >= 0.3 is 0 Å². The molecule has 2 bridgehead atoms. The Morgan fingerprint density at radius 2 is 2.00 bits per heavy atom. The van der Waals surface area contributed by atoms with Gasteiger partial charge in [0.2, 0.25) is 0 Å². The molecule has 3 aliphatic carbocycles. The summed E-state index contributed by atoms with van der Waals surface area (Å²) in [6.45, 7) is 13.2. The SMILES string of the molecule is C=C1C2CCC(C2)C1(C([NH])=O)c1cc(C(C)(C)C)cc2c1CC(C)=C2. The number of fused-ring (bicyclic) bond motifs is 3. The van der Waals surface area contributed by atoms with E-state index in [0.717, 1.165) is 36.8 Å². The number of hydrogen-bond donors (Lipinski definition) is 0. The molecule has 4 rings (SSSR count). The Balaban J connectivity index is 2.01. The molecule has 1 N–H and O–H groups in total. The fraction of sp³-hybridized carbons (Fsp3) is 0.522. The maximum Gasteiger partial charge on any atom is 0.253 e. The molecule has 0 spiro atoms. The van der Waals surface area contributed by atoms with Crippen LogP contribution >= 0.6 is 0 Å². The molecule has 1 aromatic rings. The Labute approximate surface area is 151 Å². The molecule has 1 aromatic carbocycles. The number of benzene rings is 1. The number of hydrogen-bond acceptors (Lipinski definition) is 1. The molecule has 3 aliphatic rings. The lowest BCUT2D eigenvalue weighted by Gasteiger charge is -2.39. The van der Waals surface area contributed by atoms with Gasteiger partial charge in [0.25, 0.3) is 5.91 Å². The lowest BCUT2D eigenvalue weighted by molar-refractivity contribution is -0.124. The molecule has 0 saturated heterocycles. The van der Waals surface area contributed by atoms with Gasteiger partial charge in [-0.25, -0.2) is 0 Å². The van der Waals surface area contributed by atoms with Gasteiger partial charge in [-0.05, 0) is 72.1 Å². The first kappa shape index (κ1) is 16.6. The summed E-state index contributed by atoms with van der Waals surface area (Å²) in [5.74, 6) is 0.237. The lowest BCUT2D eigenvalue weighted by Crippen LogP contribution is -2.44. The third kappa shape index (κ3) is 2.12. The first-order valence-electron chi connectivity index (χ1n) is 9.46. The minimum absolute atomic E-state index is 0.0132. The highest BCUT2D eigenvalue weighted by atomic mass is 16.1. The van der Waals surface area contributed by atoms with Crippen LogP contribution in [0.15, 0.2) is 29.9 Å². The Hall–Kier alpha value is -1.83. The average Bonchev–Trinajstić information content (AvgIpc) is 3.17. The summed E-state index contributed by atoms with van der Waals surface area (Å²) >= 11 is 0. The normalized spacial score (nSPS) is 30.6. The van der Waals surface area contributed by atoms with Gasteiger partial charge in [-0.15, -0.1) is 0 Å². The molecule has 3 atom stereocenters. The summed E-state index contributed by atoms with van der Waals surface area (Å²) in [5.41, 5.74) is 14.7. The van der Waals surface area contributed by atoms with Gasteiger partial charge in [0.15, 0.2) is 0 Å². The number of carbonyl (C=O) groups excluding carboxylic acids is 1. The smallest absolute Gasteiger partial charge is 0.253 e. The quantitative estimate of drug-likeness (QED) is 0.703. The molecule has 0 heterocycles. The number of rotatable bonds is 2. The topological polar surface area (TPSA) is 40.9 Å². The molecule has 2 heteroatoms. The summed E-state index contributed by atoms with van der Waals surface area (Å²) in [4.78, 5) is 12.8. The lowest BCUT2D eigenvalue weighted by atomic mass is 9.63. The summed E-state index contributed by atoms with van der Waals surface area (Å²) < 4.78 is 0. The zero-order chi connectivity index (χ0) is 18.1. The van der Waals surface area contributed by atoms with E-state index in [0.29, 0.717) is 5.92 Å². The fourth-order valence-electron chi connectivity index (χ4n) is 5.52. The van der Waals surface area contributed by atoms with Crippen molar-refractivity contribution in [3.05, 3.63) is 52.1 Å². The van der Waals surface area contributed by atoms with Crippen LogP contribution in [0.5, 0.6) is 0 Å². The number of allylic oxidation sites excluding steroid dienone is 1. The zero-order valence-electron chi connectivity index (χ0n) is 15.8. The van der Waals surface area contributed by atoms with Gasteiger partial charge in [-0.1, -0.05) is 56.7 Å². The van der Waals surface area contributed by atoms with E-state index in [9.17, 15) is 4.79 Å². The van der Waals surface area contributed by atoms with Crippen LogP contribution in [0, 0.1) is 11.8 Å². The van der Waals surface area contributed by atoms with Gasteiger partial charge in [0.05, 0.1) is 5.41 Å². The van der Waals surface area contributed by atoms with E-state index >= 15 is 0 Å². The third-order valence-electron chi connectivity index (χ3n) is 6.84. The number of carbonyl (C=O) groups is 1. The van der Waals surface area contributed by atoms with Crippen LogP contribution in [0.1, 0.15) is 69.2 Å². The van der Waals surface area contributed by atoms with E-state index in [1.54, 1.807) is 0 Å². The Morgan fingerprint density at radius 1 is 1.28 bits per heavy atom. The molecule has 131 valence electrons. The van der Waals surface area contributed by atoms with E-state index in [1.165, 1.54) is 22.3 Å². The second-order valence-electron chi connectivity index (χ2n) is 9.38. The Kier molecular flexibility index (Phi) is 3.39. The van der Waals surface area contributed by atoms with Crippen molar-refractivity contribution in [2.24, 2.45) is 11.8 Å². The second-order valence-corrected chi connectivity index (χ2v) is 9.38. The van der Waals surface area contributed by atoms with Crippen LogP contribution < -0.4 is 5.73 Å². The van der Waals surface area contributed by atoms with Crippen molar-refractivity contribution in [1.82, 2.24) is 5.73 Å². The number of amides is 1. The average molecular weight is 334 g/mol. The van der Waals surface area contributed by atoms with Crippen molar-refractivity contribution in [2.45, 2.75) is 64.2 Å². The van der Waals surface area contributed by atoms with E-state index in [1.807, 2.05) is 0 Å². The highest BCUT2D eigenvalue weighted by molar-refractivity contribution is 5.93. The summed E-state index contributed by atoms with van der Waals surface area (Å²) in [5, 5.41) is 0. The third-order valence-corrected chi connectivity index (χ3v) is 6.84. The van der Waals surface area contributed by atoms with Crippen LogP contribution in [0.3, 0.4) is 0 Å². The molecule has 2 saturated carbocycles. The molecular weight excluding hydrogens is 306 g/mol. The molecule has 2 fully saturated rings. The Bertz CT molecular complexity index is 823. The van der Waals surface area contributed by atoms with Gasteiger partial charge in [0.1, 0.15) is 0 Å². The van der Waals surface area contributed by atoms with Crippen molar-refractivity contribution < 1.29 is 4.79 Å². The van der Waals surface area contributed by atoms with E-state index in [2.05, 4.69) is 52.5 Å². The molecule has 25 heavy (non-hydrogen) atoms. The largest absolute Gasteiger partial charge is 0.272 e. The molecule has 0 aliphatic heterocycles. The minimum atomic E-state index is -0.771. The van der Waals surface area contributed by atoms with Crippen molar-refractivity contribution >= 4 is 12.0 Å². The summed E-state index contributed by atoms with van der Waals surface area (Å²) in [7, 11) is 0. The predicted octanol–water partition coefficient (Wildman–Crippen LogP) is 4.98. The minimum Gasteiger partial charge on any atom is -0.272 e. The first-order chi connectivity index (χ1) is 11.7. The molecule has 1 radical (unpaired) electrons. The van der Waals surface area contributed by atoms with Gasteiger partial charge in [-0.3, -0.25) is 10.5 Å². The van der Waals surface area contributed by atoms with Crippen LogP contribution in [0.25, 0.3) is 6.08 Å². The molecular formula is C23H28NO. The zero-order valence-corrected chi connectivity index (χ0v) is 15.8. The molecule has 3 unspecified atom stereocenters. The van der Waals surface area contributed by atoms with Gasteiger partial charge in [0, 0.05) is 0 Å². The van der Waals surface area contributed by atoms with Crippen molar-refractivity contribution in [3.63, 3.8) is 0 Å². The van der Waals surface area contributed by atoms with Crippen LogP contribution in [0.4, 0.5) is 0 Å². The fourth-order valence-corrected chi connectivity index (χ4v) is 5.52. The molecule has 1 amide bonds. The second kappa shape index (κ2) is 5.09. The van der Waals surface area contributed by atoms with E-state index < -0.39 is 11.3 Å². The van der Waals surface area contributed by atoms with Crippen LogP contribution in [0.2, 0.25) is 0 Å². The van der Waals surface area contributed by atoms with Gasteiger partial charge in [-0.2, -0.15) is 0 Å². The van der Waals surface area contributed by atoms with Crippen molar-refractivity contribution in [3.8, 4) is 0 Å². The maximum atomic E-state index is 12.8. The summed E-state index contributed by atoms with van der Waals surface area (Å²) in [6.07, 6.45) is 6.37. The van der Waals surface area contributed by atoms with Crippen LogP contribution in [-0.2, 0) is 22.0 Å². The highest BCUT2D eigenvalue weighted by Gasteiger charge is 2.59. The molecule has 2 nitrogen and oxygen atoms in total. The van der Waals surface area contributed by atoms with Crippen molar-refractivity contribution in [2.75, 3.05) is 0 Å². The first-order valence-corrected chi connectivity index (χ1v) is 9.46. The van der Waals surface area contributed by atoms with Gasteiger partial charge < -0.3 is 0 Å². The van der Waals surface area contributed by atoms with E-state index in [-0.39, 0.29) is 11.3 Å². The maximum absolute atomic E-state index is 12.8.